The maximum atomic E-state index is 13.1. The number of alkyl halides is 3. The van der Waals surface area contributed by atoms with Crippen LogP contribution in [-0.4, -0.2) is 0 Å². The predicted octanol–water partition coefficient (Wildman–Crippen LogP) is 3.84. The highest BCUT2D eigenvalue weighted by atomic mass is 35.5. The summed E-state index contributed by atoms with van der Waals surface area (Å²) in [5.74, 6) is -1.30. The summed E-state index contributed by atoms with van der Waals surface area (Å²) < 4.78 is 50.9. The fourth-order valence-corrected chi connectivity index (χ4v) is 1.46. The summed E-state index contributed by atoms with van der Waals surface area (Å²) in [5.41, 5.74) is 4.00. The second kappa shape index (κ2) is 6.02. The van der Waals surface area contributed by atoms with Crippen molar-refractivity contribution < 1.29 is 17.6 Å². The molecular weight excluding hydrogens is 258 g/mol. The molecule has 0 saturated heterocycles. The van der Waals surface area contributed by atoms with Gasteiger partial charge in [0, 0.05) is 6.04 Å². The van der Waals surface area contributed by atoms with Crippen LogP contribution >= 0.6 is 12.4 Å². The Hall–Kier alpha value is -1.07. The fraction of sp³-hybridized carbons (Fsp3) is 0.273. The van der Waals surface area contributed by atoms with E-state index < -0.39 is 23.6 Å². The zero-order valence-corrected chi connectivity index (χ0v) is 9.61. The van der Waals surface area contributed by atoms with Crippen LogP contribution in [0.4, 0.5) is 17.6 Å². The van der Waals surface area contributed by atoms with E-state index in [0.717, 1.165) is 6.07 Å². The second-order valence-corrected chi connectivity index (χ2v) is 3.33. The quantitative estimate of drug-likeness (QED) is 0.655. The first-order chi connectivity index (χ1) is 7.38. The summed E-state index contributed by atoms with van der Waals surface area (Å²) in [5, 5.41) is 0. The van der Waals surface area contributed by atoms with Gasteiger partial charge in [-0.3, -0.25) is 0 Å². The van der Waals surface area contributed by atoms with Crippen molar-refractivity contribution in [1.82, 2.24) is 0 Å². The number of hydrogen-bond acceptors (Lipinski definition) is 1. The van der Waals surface area contributed by atoms with E-state index in [9.17, 15) is 17.6 Å². The smallest absolute Gasteiger partial charge is 0.324 e. The standard InChI is InChI=1S/C11H11F4N.ClH/c1-2-4-9(16)7-5-3-6-8(12)10(7)11(13,14)15;/h2-3,5-6,9H,1,4,16H2;1H/t9-;/m1./s1. The van der Waals surface area contributed by atoms with E-state index in [1.54, 1.807) is 0 Å². The van der Waals surface area contributed by atoms with Crippen LogP contribution in [0.2, 0.25) is 0 Å². The van der Waals surface area contributed by atoms with Crippen molar-refractivity contribution in [1.29, 1.82) is 0 Å². The van der Waals surface area contributed by atoms with Crippen molar-refractivity contribution >= 4 is 12.4 Å². The highest BCUT2D eigenvalue weighted by Crippen LogP contribution is 2.36. The van der Waals surface area contributed by atoms with Gasteiger partial charge in [-0.25, -0.2) is 4.39 Å². The number of halogens is 5. The first kappa shape index (κ1) is 15.9. The lowest BCUT2D eigenvalue weighted by molar-refractivity contribution is -0.140. The van der Waals surface area contributed by atoms with Gasteiger partial charge in [0.05, 0.1) is 5.56 Å². The highest BCUT2D eigenvalue weighted by molar-refractivity contribution is 5.85. The average molecular weight is 270 g/mol. The Bertz CT molecular complexity index is 390. The minimum absolute atomic E-state index is 0. The lowest BCUT2D eigenvalue weighted by atomic mass is 9.98. The topological polar surface area (TPSA) is 26.0 Å². The van der Waals surface area contributed by atoms with Gasteiger partial charge < -0.3 is 5.73 Å². The largest absolute Gasteiger partial charge is 0.419 e. The molecule has 0 unspecified atom stereocenters. The van der Waals surface area contributed by atoms with Crippen LogP contribution in [-0.2, 0) is 6.18 Å². The maximum Gasteiger partial charge on any atom is 0.419 e. The molecule has 1 aromatic rings. The lowest BCUT2D eigenvalue weighted by Crippen LogP contribution is -2.18. The van der Waals surface area contributed by atoms with E-state index >= 15 is 0 Å². The SMILES string of the molecule is C=CC[C@@H](N)c1cccc(F)c1C(F)(F)F.Cl. The maximum absolute atomic E-state index is 13.1. The molecule has 0 heterocycles. The number of benzene rings is 1. The van der Waals surface area contributed by atoms with Crippen LogP contribution < -0.4 is 5.73 Å². The van der Waals surface area contributed by atoms with Crippen LogP contribution in [0, 0.1) is 5.82 Å². The van der Waals surface area contributed by atoms with E-state index in [1.165, 1.54) is 18.2 Å². The Labute approximate surface area is 103 Å². The van der Waals surface area contributed by atoms with Gasteiger partial charge in [0.15, 0.2) is 0 Å². The molecule has 0 fully saturated rings. The van der Waals surface area contributed by atoms with Crippen LogP contribution in [0.3, 0.4) is 0 Å². The van der Waals surface area contributed by atoms with Crippen molar-refractivity contribution in [3.63, 3.8) is 0 Å². The fourth-order valence-electron chi connectivity index (χ4n) is 1.46. The summed E-state index contributed by atoms with van der Waals surface area (Å²) in [6.07, 6.45) is -3.18. The Morgan fingerprint density at radius 3 is 2.41 bits per heavy atom. The summed E-state index contributed by atoms with van der Waals surface area (Å²) in [6.45, 7) is 3.39. The van der Waals surface area contributed by atoms with Crippen molar-refractivity contribution in [3.05, 3.63) is 47.8 Å². The van der Waals surface area contributed by atoms with Gasteiger partial charge in [-0.15, -0.1) is 19.0 Å². The molecular formula is C11H12ClF4N. The molecule has 0 bridgehead atoms. The van der Waals surface area contributed by atoms with Gasteiger partial charge in [0.2, 0.25) is 0 Å². The third-order valence-corrected chi connectivity index (χ3v) is 2.15. The Morgan fingerprint density at radius 2 is 1.94 bits per heavy atom. The number of hydrogen-bond donors (Lipinski definition) is 1. The molecule has 0 amide bonds. The van der Waals surface area contributed by atoms with Gasteiger partial charge in [0.1, 0.15) is 5.82 Å². The summed E-state index contributed by atoms with van der Waals surface area (Å²) in [4.78, 5) is 0. The molecule has 1 atom stereocenters. The molecule has 96 valence electrons. The van der Waals surface area contributed by atoms with Crippen molar-refractivity contribution in [2.24, 2.45) is 5.73 Å². The molecule has 0 radical (unpaired) electrons. The minimum Gasteiger partial charge on any atom is -0.324 e. The van der Waals surface area contributed by atoms with Crippen LogP contribution in [0.15, 0.2) is 30.9 Å². The molecule has 1 nitrogen and oxygen atoms in total. The van der Waals surface area contributed by atoms with Gasteiger partial charge in [-0.1, -0.05) is 18.2 Å². The molecule has 0 aliphatic rings. The predicted molar refractivity (Wildman–Crippen MR) is 60.4 cm³/mol. The normalized spacial score (nSPS) is 12.8. The lowest BCUT2D eigenvalue weighted by Gasteiger charge is -2.17. The summed E-state index contributed by atoms with van der Waals surface area (Å²) in [7, 11) is 0. The molecule has 0 aromatic heterocycles. The molecule has 17 heavy (non-hydrogen) atoms. The molecule has 0 spiro atoms. The molecule has 1 aromatic carbocycles. The molecule has 0 aliphatic heterocycles. The van der Waals surface area contributed by atoms with Crippen LogP contribution in [0.5, 0.6) is 0 Å². The van der Waals surface area contributed by atoms with Gasteiger partial charge in [0.25, 0.3) is 0 Å². The van der Waals surface area contributed by atoms with Crippen LogP contribution in [0.1, 0.15) is 23.6 Å². The minimum atomic E-state index is -4.74. The zero-order chi connectivity index (χ0) is 12.3. The highest BCUT2D eigenvalue weighted by Gasteiger charge is 2.37. The van der Waals surface area contributed by atoms with Crippen LogP contribution in [0.25, 0.3) is 0 Å². The van der Waals surface area contributed by atoms with E-state index in [0.29, 0.717) is 0 Å². The van der Waals surface area contributed by atoms with Crippen molar-refractivity contribution in [2.75, 3.05) is 0 Å². The van der Waals surface area contributed by atoms with Crippen molar-refractivity contribution in [2.45, 2.75) is 18.6 Å². The molecule has 0 saturated carbocycles. The van der Waals surface area contributed by atoms with Gasteiger partial charge in [-0.05, 0) is 18.1 Å². The zero-order valence-electron chi connectivity index (χ0n) is 8.80. The number of rotatable bonds is 3. The molecule has 2 N–H and O–H groups in total. The Kier molecular flexibility index (Phi) is 5.64. The van der Waals surface area contributed by atoms with E-state index in [4.69, 9.17) is 5.73 Å². The van der Waals surface area contributed by atoms with E-state index in [1.807, 2.05) is 0 Å². The Morgan fingerprint density at radius 1 is 1.35 bits per heavy atom. The van der Waals surface area contributed by atoms with E-state index in [2.05, 4.69) is 6.58 Å². The van der Waals surface area contributed by atoms with Crippen molar-refractivity contribution in [3.8, 4) is 0 Å². The third-order valence-electron chi connectivity index (χ3n) is 2.15. The first-order valence-corrected chi connectivity index (χ1v) is 4.60. The summed E-state index contributed by atoms with van der Waals surface area (Å²) in [6, 6.07) is 2.26. The molecule has 1 rings (SSSR count). The molecule has 6 heteroatoms. The third kappa shape index (κ3) is 3.71. The average Bonchev–Trinajstić information content (AvgIpc) is 2.15. The molecule has 0 aliphatic carbocycles. The van der Waals surface area contributed by atoms with Gasteiger partial charge in [-0.2, -0.15) is 13.2 Å². The summed E-state index contributed by atoms with van der Waals surface area (Å²) >= 11 is 0. The Balaban J connectivity index is 0.00000256. The van der Waals surface area contributed by atoms with E-state index in [-0.39, 0.29) is 24.4 Å². The second-order valence-electron chi connectivity index (χ2n) is 3.33. The number of nitrogens with two attached hydrogens (primary N) is 1. The monoisotopic (exact) mass is 269 g/mol. The first-order valence-electron chi connectivity index (χ1n) is 4.60. The van der Waals surface area contributed by atoms with Gasteiger partial charge >= 0.3 is 6.18 Å².